The van der Waals surface area contributed by atoms with E-state index in [1.807, 2.05) is 0 Å². The van der Waals surface area contributed by atoms with Crippen molar-refractivity contribution in [3.05, 3.63) is 0 Å². The Hall–Kier alpha value is -9.15. The summed E-state index contributed by atoms with van der Waals surface area (Å²) in [4.78, 5) is 143. The van der Waals surface area contributed by atoms with Gasteiger partial charge in [0.2, 0.25) is 0 Å². The Morgan fingerprint density at radius 3 is 0.143 bits per heavy atom. The van der Waals surface area contributed by atoms with Crippen LogP contribution < -0.4 is 0 Å². The quantitative estimate of drug-likeness (QED) is 0.0318. The molecule has 60 heteroatoms. The van der Waals surface area contributed by atoms with Crippen molar-refractivity contribution in [1.82, 2.24) is 0 Å². The first-order chi connectivity index (χ1) is 47.7. The number of aliphatic hydroxyl groups is 30. The molecule has 0 aliphatic heterocycles. The van der Waals surface area contributed by atoms with Crippen LogP contribution in [0.2, 0.25) is 0 Å². The van der Waals surface area contributed by atoms with Gasteiger partial charge in [-0.05, 0) is 0 Å². The minimum atomic E-state index is -1.63. The summed E-state index contributed by atoms with van der Waals surface area (Å²) in [7, 11) is 0. The Morgan fingerprint density at radius 2 is 0.143 bits per heavy atom. The molecule has 0 bridgehead atoms. The molecule has 630 valence electrons. The highest BCUT2D eigenvalue weighted by molar-refractivity contribution is 5.76. The molecular formula is C45H90O60. The second kappa shape index (κ2) is 90.9. The Labute approximate surface area is 581 Å². The van der Waals surface area contributed by atoms with Crippen LogP contribution in [0.1, 0.15) is 0 Å². The molecule has 15 unspecified atom stereocenters. The summed E-state index contributed by atoms with van der Waals surface area (Å²) >= 11 is 0. The van der Waals surface area contributed by atoms with Crippen LogP contribution in [0.4, 0.5) is 0 Å². The summed E-state index contributed by atoms with van der Waals surface area (Å²) in [6, 6.07) is 0. The van der Waals surface area contributed by atoms with E-state index < -0.39 is 280 Å². The molecule has 105 heavy (non-hydrogen) atoms. The smallest absolute Gasteiger partial charge is 0.334 e. The number of aliphatic carboxylic acids is 15. The molecule has 0 heterocycles. The van der Waals surface area contributed by atoms with Crippen molar-refractivity contribution in [2.24, 2.45) is 0 Å². The molecule has 60 nitrogen and oxygen atoms in total. The number of carbonyl (C=O) groups is 15. The van der Waals surface area contributed by atoms with E-state index in [2.05, 4.69) is 0 Å². The van der Waals surface area contributed by atoms with Crippen LogP contribution in [0.5, 0.6) is 0 Å². The van der Waals surface area contributed by atoms with Crippen LogP contribution in [0, 0.1) is 0 Å². The molecule has 0 aromatic rings. The molecule has 0 aromatic heterocycles. The number of carboxylic acid groups (broad SMARTS) is 15. The van der Waals surface area contributed by atoms with E-state index in [0.29, 0.717) is 0 Å². The number of aliphatic hydroxyl groups excluding tert-OH is 30. The second-order valence-corrected chi connectivity index (χ2v) is 15.5. The number of hydrogen-bond acceptors (Lipinski definition) is 45. The Bertz CT molecular complexity index is 1630. The Balaban J connectivity index is -0.0000000636. The van der Waals surface area contributed by atoms with Crippen molar-refractivity contribution in [3.63, 3.8) is 0 Å². The first-order valence-corrected chi connectivity index (χ1v) is 25.5. The van der Waals surface area contributed by atoms with Gasteiger partial charge in [0.15, 0.2) is 91.6 Å². The van der Waals surface area contributed by atoms with Crippen molar-refractivity contribution >= 4 is 89.5 Å². The van der Waals surface area contributed by atoms with Gasteiger partial charge in [-0.25, -0.2) is 71.9 Å². The highest BCUT2D eigenvalue weighted by atomic mass is 16.5. The average molecular weight is 1590 g/mol. The topological polar surface area (TPSA) is 1170 Å². The summed E-state index contributed by atoms with van der Waals surface area (Å²) in [5, 5.41) is 356. The summed E-state index contributed by atoms with van der Waals surface area (Å²) in [5.74, 6) is -21.0. The van der Waals surface area contributed by atoms with Gasteiger partial charge in [0.25, 0.3) is 0 Å². The Kier molecular flexibility index (Phi) is 114. The van der Waals surface area contributed by atoms with E-state index in [1.165, 1.54) is 0 Å². The lowest BCUT2D eigenvalue weighted by molar-refractivity contribution is -0.149. The summed E-state index contributed by atoms with van der Waals surface area (Å²) in [6.07, 6.45) is -24.4. The third-order valence-electron chi connectivity index (χ3n) is 6.87. The molecule has 0 radical (unpaired) electrons. The zero-order valence-electron chi connectivity index (χ0n) is 53.0. The second-order valence-electron chi connectivity index (χ2n) is 15.5. The van der Waals surface area contributed by atoms with Crippen molar-refractivity contribution in [1.29, 1.82) is 0 Å². The molecule has 0 amide bonds. The van der Waals surface area contributed by atoms with Gasteiger partial charge in [-0.1, -0.05) is 0 Å². The van der Waals surface area contributed by atoms with Crippen LogP contribution in [0.3, 0.4) is 0 Å². The number of rotatable bonds is 30. The van der Waals surface area contributed by atoms with E-state index in [-0.39, 0.29) is 0 Å². The summed E-state index contributed by atoms with van der Waals surface area (Å²) in [5.41, 5.74) is 0. The predicted molar refractivity (Wildman–Crippen MR) is 311 cm³/mol. The molecule has 15 atom stereocenters. The van der Waals surface area contributed by atoms with Crippen molar-refractivity contribution in [3.8, 4) is 0 Å². The zero-order chi connectivity index (χ0) is 87.9. The van der Waals surface area contributed by atoms with E-state index >= 15 is 0 Å². The lowest BCUT2D eigenvalue weighted by Crippen LogP contribution is -2.22. The lowest BCUT2D eigenvalue weighted by Gasteiger charge is -1.95. The molecule has 0 aliphatic carbocycles. The van der Waals surface area contributed by atoms with Crippen LogP contribution >= 0.6 is 0 Å². The highest BCUT2D eigenvalue weighted by Gasteiger charge is 2.16. The molecule has 0 aliphatic rings. The van der Waals surface area contributed by atoms with Gasteiger partial charge < -0.3 is 230 Å². The molecule has 0 spiro atoms. The van der Waals surface area contributed by atoms with Gasteiger partial charge in [-0.2, -0.15) is 0 Å². The minimum Gasteiger partial charge on any atom is -0.479 e. The number of carboxylic acids is 15. The maximum atomic E-state index is 9.52. The third kappa shape index (κ3) is 125. The standard InChI is InChI=1S/15C3H6O4/c15*4-1-2(5)3(6)7/h15*2,4-5H,1H2,(H,6,7). The molecule has 0 rings (SSSR count). The molecule has 45 N–H and O–H groups in total. The number of hydrogen-bond donors (Lipinski definition) is 45. The van der Waals surface area contributed by atoms with Crippen LogP contribution in [0.15, 0.2) is 0 Å². The van der Waals surface area contributed by atoms with Gasteiger partial charge in [0.05, 0.1) is 99.1 Å². The summed E-state index contributed by atoms with van der Waals surface area (Å²) in [6.45, 7) is -10.9. The molecule has 0 saturated carbocycles. The fraction of sp³-hybridized carbons (Fsp3) is 0.667. The monoisotopic (exact) mass is 1590 g/mol. The fourth-order valence-electron chi connectivity index (χ4n) is 1.17. The van der Waals surface area contributed by atoms with Crippen molar-refractivity contribution in [2.45, 2.75) is 91.6 Å². The minimum absolute atomic E-state index is 0.727. The first-order valence-electron chi connectivity index (χ1n) is 25.5. The maximum Gasteiger partial charge on any atom is 0.334 e. The normalized spacial score (nSPS) is 13.4. The van der Waals surface area contributed by atoms with E-state index in [1.54, 1.807) is 0 Å². The third-order valence-corrected chi connectivity index (χ3v) is 6.87. The van der Waals surface area contributed by atoms with Gasteiger partial charge in [-0.15, -0.1) is 0 Å². The molecular weight excluding hydrogens is 1500 g/mol. The highest BCUT2D eigenvalue weighted by Crippen LogP contribution is 1.84. The van der Waals surface area contributed by atoms with Gasteiger partial charge in [0, 0.05) is 0 Å². The van der Waals surface area contributed by atoms with Crippen molar-refractivity contribution < 1.29 is 302 Å². The predicted octanol–water partition coefficient (Wildman–Crippen LogP) is -23.6. The fourth-order valence-corrected chi connectivity index (χ4v) is 1.17. The maximum absolute atomic E-state index is 9.52. The van der Waals surface area contributed by atoms with Crippen molar-refractivity contribution in [2.75, 3.05) is 99.1 Å². The van der Waals surface area contributed by atoms with E-state index in [4.69, 9.17) is 230 Å². The Morgan fingerprint density at radius 1 is 0.114 bits per heavy atom. The molecule has 0 fully saturated rings. The largest absolute Gasteiger partial charge is 0.479 e. The molecule has 0 aromatic carbocycles. The SMILES string of the molecule is O=C(O)C(O)CO.O=C(O)C(O)CO.O=C(O)C(O)CO.O=C(O)C(O)CO.O=C(O)C(O)CO.O=C(O)C(O)CO.O=C(O)C(O)CO.O=C(O)C(O)CO.O=C(O)C(O)CO.O=C(O)C(O)CO.O=C(O)C(O)CO.O=C(O)C(O)CO.O=C(O)C(O)CO.O=C(O)C(O)CO.O=C(O)C(O)CO. The average Bonchev–Trinajstić information content (AvgIpc) is 3.62. The first kappa shape index (κ1) is 132. The van der Waals surface area contributed by atoms with E-state index in [0.717, 1.165) is 0 Å². The van der Waals surface area contributed by atoms with Crippen LogP contribution in [-0.2, 0) is 71.9 Å². The van der Waals surface area contributed by atoms with E-state index in [9.17, 15) is 71.9 Å². The van der Waals surface area contributed by atoms with Crippen LogP contribution in [0.25, 0.3) is 0 Å². The van der Waals surface area contributed by atoms with Gasteiger partial charge in [-0.3, -0.25) is 0 Å². The van der Waals surface area contributed by atoms with Gasteiger partial charge >= 0.3 is 89.5 Å². The zero-order valence-corrected chi connectivity index (χ0v) is 53.0. The lowest BCUT2D eigenvalue weighted by atomic mass is 10.4. The van der Waals surface area contributed by atoms with Crippen LogP contribution in [-0.4, -0.2) is 510 Å². The molecule has 0 saturated heterocycles. The summed E-state index contributed by atoms with van der Waals surface area (Å²) < 4.78 is 0. The van der Waals surface area contributed by atoms with Gasteiger partial charge in [0.1, 0.15) is 0 Å².